The van der Waals surface area contributed by atoms with Crippen LogP contribution < -0.4 is 0 Å². The summed E-state index contributed by atoms with van der Waals surface area (Å²) in [6.45, 7) is 19.7. The minimum Gasteiger partial charge on any atom is -0.444 e. The highest BCUT2D eigenvalue weighted by molar-refractivity contribution is 6.74. The van der Waals surface area contributed by atoms with E-state index in [0.717, 1.165) is 25.7 Å². The van der Waals surface area contributed by atoms with Crippen LogP contribution in [0.2, 0.25) is 18.1 Å². The molecule has 1 aliphatic heterocycles. The SMILES string of the molecule is CCCCCCCCC[C@@H]1C[C@H](O[Si](C)(C)C(C)(C)C)[C@@H](Cc2ccccc2)N1C(=O)OC(C)(C)C. The van der Waals surface area contributed by atoms with Crippen LogP contribution in [-0.2, 0) is 15.6 Å². The Kier molecular flexibility index (Phi) is 11.5. The number of unbranched alkanes of at least 4 members (excludes halogenated alkanes) is 6. The van der Waals surface area contributed by atoms with E-state index in [4.69, 9.17) is 9.16 Å². The Morgan fingerprint density at radius 2 is 1.53 bits per heavy atom. The minimum absolute atomic E-state index is 0.00840. The first kappa shape index (κ1) is 30.9. The fraction of sp³-hybridized carbons (Fsp3) is 0.774. The summed E-state index contributed by atoms with van der Waals surface area (Å²) in [7, 11) is -2.01. The Balaban J connectivity index is 2.27. The molecule has 0 aliphatic carbocycles. The maximum absolute atomic E-state index is 13.6. The predicted molar refractivity (Wildman–Crippen MR) is 155 cm³/mol. The van der Waals surface area contributed by atoms with Crippen molar-refractivity contribution in [1.29, 1.82) is 0 Å². The quantitative estimate of drug-likeness (QED) is 0.205. The van der Waals surface area contributed by atoms with Gasteiger partial charge >= 0.3 is 6.09 Å². The van der Waals surface area contributed by atoms with Crippen LogP contribution in [0, 0.1) is 0 Å². The van der Waals surface area contributed by atoms with E-state index in [1.54, 1.807) is 0 Å². The Hall–Kier alpha value is -1.33. The van der Waals surface area contributed by atoms with Gasteiger partial charge in [-0.3, -0.25) is 4.90 Å². The lowest BCUT2D eigenvalue weighted by atomic mass is 10.0. The number of ether oxygens (including phenoxy) is 1. The summed E-state index contributed by atoms with van der Waals surface area (Å²) in [5, 5.41) is 0.123. The van der Waals surface area contributed by atoms with Gasteiger partial charge in [0.1, 0.15) is 5.60 Å². The maximum Gasteiger partial charge on any atom is 0.410 e. The predicted octanol–water partition coefficient (Wildman–Crippen LogP) is 9.14. The zero-order valence-electron chi connectivity index (χ0n) is 24.9. The van der Waals surface area contributed by atoms with Crippen LogP contribution in [0.3, 0.4) is 0 Å². The molecule has 5 heteroatoms. The number of carbonyl (C=O) groups is 1. The fourth-order valence-electron chi connectivity index (χ4n) is 4.95. The zero-order valence-corrected chi connectivity index (χ0v) is 25.9. The molecule has 1 fully saturated rings. The molecular formula is C31H55NO3Si. The van der Waals surface area contributed by atoms with Crippen LogP contribution >= 0.6 is 0 Å². The van der Waals surface area contributed by atoms with Gasteiger partial charge in [-0.15, -0.1) is 0 Å². The van der Waals surface area contributed by atoms with Gasteiger partial charge in [0.15, 0.2) is 8.32 Å². The number of rotatable bonds is 12. The second-order valence-electron chi connectivity index (χ2n) is 13.4. The third kappa shape index (κ3) is 9.52. The zero-order chi connectivity index (χ0) is 27.0. The second kappa shape index (κ2) is 13.5. The van der Waals surface area contributed by atoms with Gasteiger partial charge < -0.3 is 9.16 Å². The van der Waals surface area contributed by atoms with E-state index >= 15 is 0 Å². The van der Waals surface area contributed by atoms with E-state index in [1.165, 1.54) is 44.1 Å². The van der Waals surface area contributed by atoms with Crippen LogP contribution in [0.4, 0.5) is 4.79 Å². The molecule has 1 aliphatic rings. The number of hydrogen-bond donors (Lipinski definition) is 0. The van der Waals surface area contributed by atoms with Gasteiger partial charge in [0, 0.05) is 6.04 Å². The Morgan fingerprint density at radius 1 is 0.944 bits per heavy atom. The highest BCUT2D eigenvalue weighted by Crippen LogP contribution is 2.42. The largest absolute Gasteiger partial charge is 0.444 e. The van der Waals surface area contributed by atoms with E-state index in [9.17, 15) is 4.79 Å². The van der Waals surface area contributed by atoms with Crippen molar-refractivity contribution in [3.05, 3.63) is 35.9 Å². The highest BCUT2D eigenvalue weighted by Gasteiger charge is 2.49. The molecule has 0 aromatic heterocycles. The number of hydrogen-bond acceptors (Lipinski definition) is 3. The average Bonchev–Trinajstić information content (AvgIpc) is 3.08. The molecule has 2 rings (SSSR count). The lowest BCUT2D eigenvalue weighted by Crippen LogP contribution is -2.50. The minimum atomic E-state index is -2.01. The molecule has 1 aromatic carbocycles. The van der Waals surface area contributed by atoms with Crippen molar-refractivity contribution >= 4 is 14.4 Å². The van der Waals surface area contributed by atoms with E-state index in [2.05, 4.69) is 76.0 Å². The normalized spacial score (nSPS) is 21.1. The molecule has 0 bridgehead atoms. The maximum atomic E-state index is 13.6. The number of likely N-dealkylation sites (tertiary alicyclic amines) is 1. The molecule has 36 heavy (non-hydrogen) atoms. The molecule has 3 atom stereocenters. The number of benzene rings is 1. The third-order valence-electron chi connectivity index (χ3n) is 7.97. The second-order valence-corrected chi connectivity index (χ2v) is 18.1. The van der Waals surface area contributed by atoms with E-state index in [1.807, 2.05) is 20.8 Å². The summed E-state index contributed by atoms with van der Waals surface area (Å²) in [5.41, 5.74) is 0.729. The van der Waals surface area contributed by atoms with Crippen molar-refractivity contribution in [3.63, 3.8) is 0 Å². The Bertz CT molecular complexity index is 781. The molecule has 1 aromatic rings. The van der Waals surface area contributed by atoms with Gasteiger partial charge in [-0.25, -0.2) is 4.79 Å². The topological polar surface area (TPSA) is 38.8 Å². The summed E-state index contributed by atoms with van der Waals surface area (Å²) in [4.78, 5) is 15.7. The summed E-state index contributed by atoms with van der Waals surface area (Å²) in [6, 6.07) is 10.7. The lowest BCUT2D eigenvalue weighted by molar-refractivity contribution is 0.00866. The van der Waals surface area contributed by atoms with Crippen molar-refractivity contribution in [2.24, 2.45) is 0 Å². The van der Waals surface area contributed by atoms with Gasteiger partial charge in [-0.2, -0.15) is 0 Å². The monoisotopic (exact) mass is 517 g/mol. The Morgan fingerprint density at radius 3 is 2.08 bits per heavy atom. The van der Waals surface area contributed by atoms with Crippen LogP contribution in [0.15, 0.2) is 30.3 Å². The van der Waals surface area contributed by atoms with Gasteiger partial charge in [0.25, 0.3) is 0 Å². The van der Waals surface area contributed by atoms with Gasteiger partial charge in [-0.1, -0.05) is 103 Å². The van der Waals surface area contributed by atoms with Crippen LogP contribution in [0.5, 0.6) is 0 Å². The van der Waals surface area contributed by atoms with E-state index in [-0.39, 0.29) is 29.3 Å². The molecule has 206 valence electrons. The number of nitrogens with zero attached hydrogens (tertiary/aromatic N) is 1. The first-order valence-corrected chi connectivity index (χ1v) is 17.4. The summed E-state index contributed by atoms with van der Waals surface area (Å²) in [5.74, 6) is 0. The van der Waals surface area contributed by atoms with Crippen LogP contribution in [0.1, 0.15) is 112 Å². The first-order chi connectivity index (χ1) is 16.7. The van der Waals surface area contributed by atoms with Crippen LogP contribution in [-0.4, -0.2) is 43.1 Å². The lowest BCUT2D eigenvalue weighted by Gasteiger charge is -2.40. The summed E-state index contributed by atoms with van der Waals surface area (Å²) < 4.78 is 13.0. The van der Waals surface area contributed by atoms with Gasteiger partial charge in [-0.05, 0) is 63.7 Å². The summed E-state index contributed by atoms with van der Waals surface area (Å²) >= 11 is 0. The smallest absolute Gasteiger partial charge is 0.410 e. The van der Waals surface area contributed by atoms with Crippen molar-refractivity contribution < 1.29 is 14.0 Å². The number of carbonyl (C=O) groups excluding carboxylic acids is 1. The molecule has 0 saturated carbocycles. The molecule has 0 spiro atoms. The summed E-state index contributed by atoms with van der Waals surface area (Å²) in [6.07, 6.45) is 11.5. The first-order valence-electron chi connectivity index (χ1n) is 14.5. The van der Waals surface area contributed by atoms with Crippen molar-refractivity contribution in [2.75, 3.05) is 0 Å². The molecule has 0 radical (unpaired) electrons. The van der Waals surface area contributed by atoms with Crippen molar-refractivity contribution in [1.82, 2.24) is 4.90 Å². The van der Waals surface area contributed by atoms with Gasteiger partial charge in [0.05, 0.1) is 12.1 Å². The van der Waals surface area contributed by atoms with E-state index in [0.29, 0.717) is 0 Å². The molecule has 1 heterocycles. The third-order valence-corrected chi connectivity index (χ3v) is 12.5. The molecule has 0 unspecified atom stereocenters. The average molecular weight is 518 g/mol. The van der Waals surface area contributed by atoms with Crippen LogP contribution in [0.25, 0.3) is 0 Å². The standard InChI is InChI=1S/C31H55NO3Si/c1-10-11-12-13-14-15-19-22-26-24-28(35-36(8,9)31(5,6)7)27(23-25-20-17-16-18-21-25)32(26)29(33)34-30(2,3)4/h16-18,20-21,26-28H,10-15,19,22-24H2,1-9H3/t26-,27-,28+/m1/s1. The van der Waals surface area contributed by atoms with Crippen molar-refractivity contribution in [2.45, 2.75) is 155 Å². The molecule has 1 saturated heterocycles. The molecule has 4 nitrogen and oxygen atoms in total. The molecule has 1 amide bonds. The Labute approximate surface area is 223 Å². The van der Waals surface area contributed by atoms with Crippen molar-refractivity contribution in [3.8, 4) is 0 Å². The fourth-order valence-corrected chi connectivity index (χ4v) is 6.31. The highest BCUT2D eigenvalue weighted by atomic mass is 28.4. The van der Waals surface area contributed by atoms with Gasteiger partial charge in [0.2, 0.25) is 0 Å². The number of amides is 1. The van der Waals surface area contributed by atoms with E-state index < -0.39 is 13.9 Å². The molecule has 0 N–H and O–H groups in total. The molecular weight excluding hydrogens is 462 g/mol.